The van der Waals surface area contributed by atoms with Gasteiger partial charge in [0.25, 0.3) is 5.91 Å². The molecule has 0 unspecified atom stereocenters. The van der Waals surface area contributed by atoms with Crippen molar-refractivity contribution in [2.75, 3.05) is 13.1 Å². The molecule has 2 aromatic rings. The summed E-state index contributed by atoms with van der Waals surface area (Å²) in [5.74, 6) is -1.00. The van der Waals surface area contributed by atoms with Crippen LogP contribution in [-0.2, 0) is 4.79 Å². The van der Waals surface area contributed by atoms with Crippen LogP contribution in [0.5, 0.6) is 0 Å². The van der Waals surface area contributed by atoms with E-state index in [0.717, 1.165) is 5.39 Å². The minimum Gasteiger partial charge on any atom is -0.481 e. The van der Waals surface area contributed by atoms with Crippen molar-refractivity contribution in [3.63, 3.8) is 0 Å². The highest BCUT2D eigenvalue weighted by Gasteiger charge is 2.42. The minimum atomic E-state index is -0.854. The Morgan fingerprint density at radius 3 is 2.95 bits per heavy atom. The van der Waals surface area contributed by atoms with E-state index < -0.39 is 11.4 Å². The molecule has 0 saturated carbocycles. The van der Waals surface area contributed by atoms with E-state index in [-0.39, 0.29) is 12.5 Å². The molecule has 20 heavy (non-hydrogen) atoms. The standard InChI is InChI=1S/C14H15N3O3/c1-14(13(19)20)5-6-17(8-14)12(18)10-4-2-3-9-7-15-16-11(9)10/h2-4,7H,5-6,8H2,1H3,(H,15,16)(H,19,20)/t14-/m1/s1. The molecular weight excluding hydrogens is 258 g/mol. The number of aliphatic carboxylic acids is 1. The van der Waals surface area contributed by atoms with Gasteiger partial charge < -0.3 is 10.0 Å². The first-order valence-corrected chi connectivity index (χ1v) is 6.46. The smallest absolute Gasteiger partial charge is 0.311 e. The van der Waals surface area contributed by atoms with Crippen LogP contribution in [0.25, 0.3) is 10.9 Å². The number of H-pyrrole nitrogens is 1. The highest BCUT2D eigenvalue weighted by molar-refractivity contribution is 6.05. The van der Waals surface area contributed by atoms with Crippen molar-refractivity contribution in [3.05, 3.63) is 30.0 Å². The summed E-state index contributed by atoms with van der Waals surface area (Å²) in [6, 6.07) is 5.41. The summed E-state index contributed by atoms with van der Waals surface area (Å²) < 4.78 is 0. The van der Waals surface area contributed by atoms with Crippen LogP contribution in [0.1, 0.15) is 23.7 Å². The summed E-state index contributed by atoms with van der Waals surface area (Å²) in [6.07, 6.45) is 2.14. The number of nitrogens with one attached hydrogen (secondary N) is 1. The molecule has 6 nitrogen and oxygen atoms in total. The summed E-state index contributed by atoms with van der Waals surface area (Å²) in [7, 11) is 0. The predicted octanol–water partition coefficient (Wildman–Crippen LogP) is 1.50. The quantitative estimate of drug-likeness (QED) is 0.868. The van der Waals surface area contributed by atoms with Crippen LogP contribution in [0.3, 0.4) is 0 Å². The zero-order valence-electron chi connectivity index (χ0n) is 11.1. The Morgan fingerprint density at radius 1 is 1.45 bits per heavy atom. The Morgan fingerprint density at radius 2 is 2.25 bits per heavy atom. The Labute approximate surface area is 115 Å². The lowest BCUT2D eigenvalue weighted by Crippen LogP contribution is -2.34. The van der Waals surface area contributed by atoms with Gasteiger partial charge >= 0.3 is 5.97 Å². The molecule has 3 rings (SSSR count). The van der Waals surface area contributed by atoms with Crippen LogP contribution in [0.15, 0.2) is 24.4 Å². The number of carboxylic acids is 1. The summed E-state index contributed by atoms with van der Waals surface area (Å²) in [5.41, 5.74) is 0.383. The van der Waals surface area contributed by atoms with E-state index in [1.54, 1.807) is 30.2 Å². The number of hydrogen-bond donors (Lipinski definition) is 2. The molecular formula is C14H15N3O3. The van der Waals surface area contributed by atoms with E-state index in [9.17, 15) is 14.7 Å². The Hall–Kier alpha value is -2.37. The molecule has 0 aliphatic carbocycles. The molecule has 0 bridgehead atoms. The van der Waals surface area contributed by atoms with Gasteiger partial charge in [-0.25, -0.2) is 0 Å². The number of fused-ring (bicyclic) bond motifs is 1. The monoisotopic (exact) mass is 273 g/mol. The Bertz CT molecular complexity index is 694. The number of carboxylic acid groups (broad SMARTS) is 1. The fourth-order valence-electron chi connectivity index (χ4n) is 2.63. The summed E-state index contributed by atoms with van der Waals surface area (Å²) >= 11 is 0. The van der Waals surface area contributed by atoms with E-state index in [4.69, 9.17) is 0 Å². The molecule has 1 atom stereocenters. The first kappa shape index (κ1) is 12.7. The lowest BCUT2D eigenvalue weighted by molar-refractivity contribution is -0.147. The lowest BCUT2D eigenvalue weighted by atomic mass is 9.90. The number of carbonyl (C=O) groups excluding carboxylic acids is 1. The van der Waals surface area contributed by atoms with Gasteiger partial charge in [0, 0.05) is 18.5 Å². The number of aromatic nitrogens is 2. The van der Waals surface area contributed by atoms with E-state index in [1.807, 2.05) is 6.07 Å². The second-order valence-electron chi connectivity index (χ2n) is 5.48. The van der Waals surface area contributed by atoms with E-state index >= 15 is 0 Å². The molecule has 6 heteroatoms. The normalized spacial score (nSPS) is 22.4. The molecule has 1 aliphatic heterocycles. The van der Waals surface area contributed by atoms with Gasteiger partial charge in [-0.1, -0.05) is 12.1 Å². The van der Waals surface area contributed by atoms with Crippen LogP contribution in [-0.4, -0.2) is 45.2 Å². The molecule has 2 heterocycles. The lowest BCUT2D eigenvalue weighted by Gasteiger charge is -2.20. The first-order chi connectivity index (χ1) is 9.51. The Kier molecular flexibility index (Phi) is 2.74. The number of hydrogen-bond acceptors (Lipinski definition) is 3. The second kappa shape index (κ2) is 4.33. The number of amides is 1. The van der Waals surface area contributed by atoms with Crippen molar-refractivity contribution in [2.24, 2.45) is 5.41 Å². The molecule has 1 amide bonds. The minimum absolute atomic E-state index is 0.148. The zero-order valence-corrected chi connectivity index (χ0v) is 11.1. The third-order valence-electron chi connectivity index (χ3n) is 3.98. The van der Waals surface area contributed by atoms with E-state index in [0.29, 0.717) is 24.0 Å². The first-order valence-electron chi connectivity index (χ1n) is 6.46. The van der Waals surface area contributed by atoms with Crippen molar-refractivity contribution in [1.29, 1.82) is 0 Å². The third kappa shape index (κ3) is 1.84. The average Bonchev–Trinajstić information content (AvgIpc) is 3.04. The number of nitrogens with zero attached hydrogens (tertiary/aromatic N) is 2. The van der Waals surface area contributed by atoms with Crippen LogP contribution in [0.4, 0.5) is 0 Å². The maximum Gasteiger partial charge on any atom is 0.311 e. The van der Waals surface area contributed by atoms with Crippen LogP contribution >= 0.6 is 0 Å². The van der Waals surface area contributed by atoms with E-state index in [2.05, 4.69) is 10.2 Å². The summed E-state index contributed by atoms with van der Waals surface area (Å²) in [4.78, 5) is 25.4. The van der Waals surface area contributed by atoms with Gasteiger partial charge in [-0.15, -0.1) is 0 Å². The highest BCUT2D eigenvalue weighted by Crippen LogP contribution is 2.31. The molecule has 0 spiro atoms. The number of carbonyl (C=O) groups is 2. The van der Waals surface area contributed by atoms with Gasteiger partial charge in [-0.05, 0) is 19.4 Å². The van der Waals surface area contributed by atoms with Crippen LogP contribution in [0.2, 0.25) is 0 Å². The average molecular weight is 273 g/mol. The topological polar surface area (TPSA) is 86.3 Å². The second-order valence-corrected chi connectivity index (χ2v) is 5.48. The number of aromatic amines is 1. The zero-order chi connectivity index (χ0) is 14.3. The molecule has 1 fully saturated rings. The largest absolute Gasteiger partial charge is 0.481 e. The summed E-state index contributed by atoms with van der Waals surface area (Å²) in [5, 5.41) is 16.9. The number of likely N-dealkylation sites (tertiary alicyclic amines) is 1. The van der Waals surface area contributed by atoms with Crippen molar-refractivity contribution in [1.82, 2.24) is 15.1 Å². The number of para-hydroxylation sites is 1. The van der Waals surface area contributed by atoms with Gasteiger partial charge in [-0.3, -0.25) is 14.7 Å². The molecule has 1 saturated heterocycles. The SMILES string of the molecule is C[C@@]1(C(=O)O)CCN(C(=O)c2cccc3cn[nH]c23)C1. The fourth-order valence-corrected chi connectivity index (χ4v) is 2.63. The molecule has 2 N–H and O–H groups in total. The highest BCUT2D eigenvalue weighted by atomic mass is 16.4. The van der Waals surface area contributed by atoms with Gasteiger partial charge in [0.15, 0.2) is 0 Å². The van der Waals surface area contributed by atoms with Gasteiger partial charge in [-0.2, -0.15) is 5.10 Å². The van der Waals surface area contributed by atoms with Crippen molar-refractivity contribution in [2.45, 2.75) is 13.3 Å². The fraction of sp³-hybridized carbons (Fsp3) is 0.357. The molecule has 1 aromatic carbocycles. The maximum atomic E-state index is 12.6. The van der Waals surface area contributed by atoms with Crippen molar-refractivity contribution < 1.29 is 14.7 Å². The summed E-state index contributed by atoms with van der Waals surface area (Å²) in [6.45, 7) is 2.39. The third-order valence-corrected chi connectivity index (χ3v) is 3.98. The maximum absolute atomic E-state index is 12.6. The van der Waals surface area contributed by atoms with Gasteiger partial charge in [0.05, 0.1) is 22.7 Å². The van der Waals surface area contributed by atoms with Crippen LogP contribution in [0, 0.1) is 5.41 Å². The molecule has 104 valence electrons. The molecule has 1 aliphatic rings. The number of benzene rings is 1. The van der Waals surface area contributed by atoms with Crippen molar-refractivity contribution >= 4 is 22.8 Å². The Balaban J connectivity index is 1.91. The van der Waals surface area contributed by atoms with Crippen molar-refractivity contribution in [3.8, 4) is 0 Å². The predicted molar refractivity (Wildman–Crippen MR) is 72.4 cm³/mol. The van der Waals surface area contributed by atoms with Gasteiger partial charge in [0.2, 0.25) is 0 Å². The van der Waals surface area contributed by atoms with Crippen LogP contribution < -0.4 is 0 Å². The van der Waals surface area contributed by atoms with Gasteiger partial charge in [0.1, 0.15) is 0 Å². The number of rotatable bonds is 2. The molecule has 1 aromatic heterocycles. The molecule has 0 radical (unpaired) electrons. The van der Waals surface area contributed by atoms with E-state index in [1.165, 1.54) is 0 Å².